The van der Waals surface area contributed by atoms with Crippen molar-refractivity contribution >= 4 is 5.97 Å². The molecule has 116 valence electrons. The van der Waals surface area contributed by atoms with Gasteiger partial charge < -0.3 is 10.0 Å². The minimum absolute atomic E-state index is 0.110. The van der Waals surface area contributed by atoms with Crippen molar-refractivity contribution in [1.29, 1.82) is 0 Å². The summed E-state index contributed by atoms with van der Waals surface area (Å²) in [6.07, 6.45) is -0.355. The first-order valence-corrected chi connectivity index (χ1v) is 6.67. The van der Waals surface area contributed by atoms with Crippen LogP contribution in [0.3, 0.4) is 0 Å². The van der Waals surface area contributed by atoms with E-state index in [1.807, 2.05) is 7.05 Å². The molecule has 0 saturated carbocycles. The summed E-state index contributed by atoms with van der Waals surface area (Å²) in [5.41, 5.74) is -0.110. The largest absolute Gasteiger partial charge is 0.481 e. The van der Waals surface area contributed by atoms with Gasteiger partial charge >= 0.3 is 5.97 Å². The maximum Gasteiger partial charge on any atom is 0.305 e. The number of hydrogen-bond acceptors (Lipinski definition) is 3. The first-order valence-electron chi connectivity index (χ1n) is 6.67. The maximum absolute atomic E-state index is 13.9. The molecule has 0 bridgehead atoms. The van der Waals surface area contributed by atoms with Gasteiger partial charge in [-0.15, -0.1) is 0 Å². The number of halogens is 3. The standard InChI is InChI=1S/C14H17F3N2O2/c1-18-2-4-19(5-3-18)13(8-14(20)21)9-6-11(16)12(17)7-10(9)15/h6-7,13H,2-5,8H2,1H3,(H,20,21). The molecule has 0 aliphatic carbocycles. The van der Waals surface area contributed by atoms with Crippen LogP contribution in [-0.2, 0) is 4.79 Å². The first-order chi connectivity index (χ1) is 9.88. The van der Waals surface area contributed by atoms with Gasteiger partial charge in [-0.25, -0.2) is 13.2 Å². The Hall–Kier alpha value is -1.60. The molecule has 1 N–H and O–H groups in total. The molecule has 1 heterocycles. The fourth-order valence-electron chi connectivity index (χ4n) is 2.53. The number of carboxylic acid groups (broad SMARTS) is 1. The van der Waals surface area contributed by atoms with Crippen molar-refractivity contribution < 1.29 is 23.1 Å². The van der Waals surface area contributed by atoms with Crippen molar-refractivity contribution in [2.75, 3.05) is 33.2 Å². The van der Waals surface area contributed by atoms with Crippen molar-refractivity contribution in [2.45, 2.75) is 12.5 Å². The number of aliphatic carboxylic acids is 1. The molecule has 1 saturated heterocycles. The monoisotopic (exact) mass is 302 g/mol. The summed E-state index contributed by atoms with van der Waals surface area (Å²) >= 11 is 0. The molecule has 0 amide bonds. The van der Waals surface area contributed by atoms with Gasteiger partial charge in [0.1, 0.15) is 5.82 Å². The van der Waals surface area contributed by atoms with E-state index in [1.165, 1.54) is 0 Å². The number of carbonyl (C=O) groups is 1. The summed E-state index contributed by atoms with van der Waals surface area (Å²) in [5.74, 6) is -4.47. The zero-order chi connectivity index (χ0) is 15.6. The maximum atomic E-state index is 13.9. The summed E-state index contributed by atoms with van der Waals surface area (Å²) in [4.78, 5) is 14.9. The summed E-state index contributed by atoms with van der Waals surface area (Å²) < 4.78 is 40.3. The molecule has 1 aromatic carbocycles. The lowest BCUT2D eigenvalue weighted by atomic mass is 10.00. The van der Waals surface area contributed by atoms with Crippen molar-refractivity contribution in [3.8, 4) is 0 Å². The van der Waals surface area contributed by atoms with Gasteiger partial charge in [0, 0.05) is 43.9 Å². The van der Waals surface area contributed by atoms with E-state index in [4.69, 9.17) is 5.11 Å². The molecule has 0 aromatic heterocycles. The van der Waals surface area contributed by atoms with Crippen LogP contribution in [0.25, 0.3) is 0 Å². The van der Waals surface area contributed by atoms with Gasteiger partial charge in [-0.1, -0.05) is 0 Å². The summed E-state index contributed by atoms with van der Waals surface area (Å²) in [6, 6.07) is 0.429. The highest BCUT2D eigenvalue weighted by Crippen LogP contribution is 2.29. The van der Waals surface area contributed by atoms with Crippen LogP contribution < -0.4 is 0 Å². The molecule has 1 fully saturated rings. The minimum atomic E-state index is -1.27. The molecule has 1 aliphatic heterocycles. The molecule has 0 spiro atoms. The topological polar surface area (TPSA) is 43.8 Å². The molecule has 1 aromatic rings. The number of hydrogen-bond donors (Lipinski definition) is 1. The average Bonchev–Trinajstić information content (AvgIpc) is 2.41. The lowest BCUT2D eigenvalue weighted by molar-refractivity contribution is -0.138. The predicted octanol–water partition coefficient (Wildman–Crippen LogP) is 1.87. The summed E-state index contributed by atoms with van der Waals surface area (Å²) in [6.45, 7) is 2.52. The predicted molar refractivity (Wildman–Crippen MR) is 70.4 cm³/mol. The second-order valence-corrected chi connectivity index (χ2v) is 5.24. The van der Waals surface area contributed by atoms with Crippen LogP contribution in [0, 0.1) is 17.5 Å². The lowest BCUT2D eigenvalue weighted by Gasteiger charge is -2.37. The van der Waals surface area contributed by atoms with Crippen LogP contribution in [-0.4, -0.2) is 54.1 Å². The van der Waals surface area contributed by atoms with Crippen LogP contribution in [0.5, 0.6) is 0 Å². The van der Waals surface area contributed by atoms with Crippen molar-refractivity contribution in [1.82, 2.24) is 9.80 Å². The fraction of sp³-hybridized carbons (Fsp3) is 0.500. The third-order valence-corrected chi connectivity index (χ3v) is 3.75. The van der Waals surface area contributed by atoms with Crippen molar-refractivity contribution in [2.24, 2.45) is 0 Å². The molecule has 21 heavy (non-hydrogen) atoms. The van der Waals surface area contributed by atoms with Crippen LogP contribution >= 0.6 is 0 Å². The van der Waals surface area contributed by atoms with Crippen molar-refractivity contribution in [3.63, 3.8) is 0 Å². The number of nitrogens with zero attached hydrogens (tertiary/aromatic N) is 2. The van der Waals surface area contributed by atoms with E-state index in [2.05, 4.69) is 4.90 Å². The lowest BCUT2D eigenvalue weighted by Crippen LogP contribution is -2.46. The van der Waals surface area contributed by atoms with Crippen LogP contribution in [0.1, 0.15) is 18.0 Å². The molecule has 4 nitrogen and oxygen atoms in total. The first kappa shape index (κ1) is 15.8. The zero-order valence-corrected chi connectivity index (χ0v) is 11.7. The SMILES string of the molecule is CN1CCN(C(CC(=O)O)c2cc(F)c(F)cc2F)CC1. The Morgan fingerprint density at radius 3 is 2.29 bits per heavy atom. The van der Waals surface area contributed by atoms with E-state index in [1.54, 1.807) is 4.90 Å². The third-order valence-electron chi connectivity index (χ3n) is 3.75. The number of piperazine rings is 1. The number of carboxylic acids is 1. The van der Waals surface area contributed by atoms with Crippen LogP contribution in [0.4, 0.5) is 13.2 Å². The molecular formula is C14H17F3N2O2. The minimum Gasteiger partial charge on any atom is -0.481 e. The van der Waals surface area contributed by atoms with Gasteiger partial charge in [-0.05, 0) is 13.1 Å². The molecule has 2 rings (SSSR count). The van der Waals surface area contributed by atoms with Gasteiger partial charge in [0.2, 0.25) is 0 Å². The second-order valence-electron chi connectivity index (χ2n) is 5.24. The molecular weight excluding hydrogens is 285 g/mol. The molecule has 7 heteroatoms. The highest BCUT2D eigenvalue weighted by molar-refractivity contribution is 5.68. The second kappa shape index (κ2) is 6.44. The molecule has 1 atom stereocenters. The van der Waals surface area contributed by atoms with Gasteiger partial charge in [-0.2, -0.15) is 0 Å². The van der Waals surface area contributed by atoms with E-state index in [9.17, 15) is 18.0 Å². The Morgan fingerprint density at radius 2 is 1.71 bits per heavy atom. The Balaban J connectivity index is 2.31. The highest BCUT2D eigenvalue weighted by Gasteiger charge is 2.29. The van der Waals surface area contributed by atoms with E-state index in [-0.39, 0.29) is 12.0 Å². The van der Waals surface area contributed by atoms with E-state index >= 15 is 0 Å². The smallest absolute Gasteiger partial charge is 0.305 e. The number of benzene rings is 1. The van der Waals surface area contributed by atoms with E-state index in [0.717, 1.165) is 6.07 Å². The van der Waals surface area contributed by atoms with Gasteiger partial charge in [-0.3, -0.25) is 9.69 Å². The summed E-state index contributed by atoms with van der Waals surface area (Å²) in [5, 5.41) is 9.02. The Labute approximate surface area is 120 Å². The van der Waals surface area contributed by atoms with Crippen LogP contribution in [0.2, 0.25) is 0 Å². The fourth-order valence-corrected chi connectivity index (χ4v) is 2.53. The van der Waals surface area contributed by atoms with Gasteiger partial charge in [0.25, 0.3) is 0 Å². The summed E-state index contributed by atoms with van der Waals surface area (Å²) in [7, 11) is 1.93. The molecule has 0 radical (unpaired) electrons. The van der Waals surface area contributed by atoms with Crippen molar-refractivity contribution in [3.05, 3.63) is 35.1 Å². The number of likely N-dealkylation sites (N-methyl/N-ethyl adjacent to an activating group) is 1. The Morgan fingerprint density at radius 1 is 1.14 bits per heavy atom. The quantitative estimate of drug-likeness (QED) is 0.862. The molecule has 1 unspecified atom stereocenters. The van der Waals surface area contributed by atoms with E-state index < -0.39 is 29.5 Å². The normalized spacial score (nSPS) is 18.7. The van der Waals surface area contributed by atoms with Crippen LogP contribution in [0.15, 0.2) is 12.1 Å². The Kier molecular flexibility index (Phi) is 4.84. The van der Waals surface area contributed by atoms with Gasteiger partial charge in [0.05, 0.1) is 6.42 Å². The van der Waals surface area contributed by atoms with Gasteiger partial charge in [0.15, 0.2) is 11.6 Å². The number of rotatable bonds is 4. The zero-order valence-electron chi connectivity index (χ0n) is 11.7. The van der Waals surface area contributed by atoms with E-state index in [0.29, 0.717) is 32.2 Å². The average molecular weight is 302 g/mol. The third kappa shape index (κ3) is 3.74. The Bertz CT molecular complexity index is 531. The highest BCUT2D eigenvalue weighted by atomic mass is 19.2. The molecule has 1 aliphatic rings.